The van der Waals surface area contributed by atoms with Gasteiger partial charge in [-0.15, -0.1) is 0 Å². The van der Waals surface area contributed by atoms with Crippen LogP contribution in [0.1, 0.15) is 29.5 Å². The molecule has 0 amide bonds. The summed E-state index contributed by atoms with van der Waals surface area (Å²) in [6.45, 7) is 2.15. The Kier molecular flexibility index (Phi) is 18.4. The van der Waals surface area contributed by atoms with Crippen molar-refractivity contribution >= 4 is 23.9 Å². The van der Waals surface area contributed by atoms with Crippen molar-refractivity contribution in [3.05, 3.63) is 0 Å². The molecule has 0 aliphatic carbocycles. The van der Waals surface area contributed by atoms with Crippen LogP contribution in [0, 0.1) is 0 Å². The van der Waals surface area contributed by atoms with Gasteiger partial charge in [-0.2, -0.15) is 0 Å². The van der Waals surface area contributed by atoms with Crippen LogP contribution >= 0.6 is 0 Å². The number of hydrogen-bond donors (Lipinski definition) is 0. The zero-order valence-corrected chi connectivity index (χ0v) is 16.1. The first-order valence-electron chi connectivity index (χ1n) is 3.84. The Morgan fingerprint density at radius 2 is 1.06 bits per heavy atom. The topological polar surface area (TPSA) is 86.7 Å². The third-order valence-electron chi connectivity index (χ3n) is 1.05. The van der Waals surface area contributed by atoms with Crippen LogP contribution in [0.4, 0.5) is 0 Å². The van der Waals surface area contributed by atoms with Gasteiger partial charge in [0, 0.05) is 13.8 Å². The molecule has 0 atom stereocenters. The summed E-state index contributed by atoms with van der Waals surface area (Å²) in [5.41, 5.74) is 0. The summed E-state index contributed by atoms with van der Waals surface area (Å²) >= 11 is 0. The molecule has 6 nitrogen and oxygen atoms in total. The molecule has 0 saturated carbocycles. The summed E-state index contributed by atoms with van der Waals surface area (Å²) in [6.07, 6.45) is -0.572. The average molecular weight is 282 g/mol. The van der Waals surface area contributed by atoms with Gasteiger partial charge in [-0.05, 0) is 0 Å². The van der Waals surface area contributed by atoms with Crippen LogP contribution in [-0.4, -0.2) is 23.9 Å². The van der Waals surface area contributed by atoms with Crippen molar-refractivity contribution in [3.8, 4) is 0 Å². The van der Waals surface area contributed by atoms with Gasteiger partial charge in [0.2, 0.25) is 0 Å². The fraction of sp³-hybridized carbons (Fsp3) is 0.500. The summed E-state index contributed by atoms with van der Waals surface area (Å²) in [5.74, 6) is -3.12. The Morgan fingerprint density at radius 1 is 0.812 bits per heavy atom. The average Bonchev–Trinajstić information content (AvgIpc) is 1.98. The quantitative estimate of drug-likeness (QED) is 0.291. The molecule has 0 saturated heterocycles. The first-order chi connectivity index (χ1) is 6.41. The van der Waals surface area contributed by atoms with E-state index < -0.39 is 23.9 Å². The van der Waals surface area contributed by atoms with Gasteiger partial charge < -0.3 is 12.3 Å². The second-order valence-electron chi connectivity index (χ2n) is 2.43. The largest absolute Gasteiger partial charge is 1.00 e. The zero-order chi connectivity index (χ0) is 11.1. The predicted molar refractivity (Wildman–Crippen MR) is 45.0 cm³/mol. The third-order valence-corrected chi connectivity index (χ3v) is 1.05. The number of carbonyl (C=O) groups excluding carboxylic acids is 4. The molecule has 0 rings (SSSR count). The summed E-state index contributed by atoms with van der Waals surface area (Å²) in [4.78, 5) is 41.9. The van der Waals surface area contributed by atoms with E-state index in [1.165, 1.54) is 0 Å². The van der Waals surface area contributed by atoms with E-state index in [9.17, 15) is 19.2 Å². The Balaban J connectivity index is -0.000000141. The summed E-state index contributed by atoms with van der Waals surface area (Å²) in [6, 6.07) is 0. The molecule has 0 aromatic rings. The molecule has 0 bridgehead atoms. The monoisotopic (exact) mass is 282 g/mol. The summed E-state index contributed by atoms with van der Waals surface area (Å²) in [7, 11) is 0. The van der Waals surface area contributed by atoms with Gasteiger partial charge in [0.05, 0.1) is 12.8 Å². The first kappa shape index (κ1) is 22.7. The second-order valence-corrected chi connectivity index (χ2v) is 2.43. The molecule has 0 fully saturated rings. The van der Waals surface area contributed by atoms with E-state index in [-0.39, 0.29) is 118 Å². The normalized spacial score (nSPS) is 7.88. The maximum absolute atomic E-state index is 10.7. The predicted octanol–water partition coefficient (Wildman–Crippen LogP) is -5.82. The van der Waals surface area contributed by atoms with Crippen LogP contribution < -0.4 is 103 Å². The Labute approximate surface area is 181 Å². The van der Waals surface area contributed by atoms with E-state index in [4.69, 9.17) is 0 Å². The molecule has 0 spiro atoms. The number of esters is 4. The van der Waals surface area contributed by atoms with Crippen LogP contribution in [0.15, 0.2) is 0 Å². The van der Waals surface area contributed by atoms with E-state index >= 15 is 0 Å². The van der Waals surface area contributed by atoms with Crippen LogP contribution in [0.3, 0.4) is 0 Å². The van der Waals surface area contributed by atoms with Crippen LogP contribution in [-0.2, 0) is 28.7 Å². The van der Waals surface area contributed by atoms with Gasteiger partial charge in [-0.25, -0.2) is 0 Å². The van der Waals surface area contributed by atoms with E-state index in [0.29, 0.717) is 0 Å². The molecule has 8 heteroatoms. The molecule has 0 N–H and O–H groups in total. The fourth-order valence-corrected chi connectivity index (χ4v) is 0.627. The molecule has 82 valence electrons. The summed E-state index contributed by atoms with van der Waals surface area (Å²) < 4.78 is 8.27. The number of hydrogen-bond acceptors (Lipinski definition) is 6. The van der Waals surface area contributed by atoms with Gasteiger partial charge in [-0.1, -0.05) is 0 Å². The van der Waals surface area contributed by atoms with Crippen molar-refractivity contribution in [1.82, 2.24) is 0 Å². The van der Waals surface area contributed by atoms with E-state index in [1.807, 2.05) is 0 Å². The van der Waals surface area contributed by atoms with Crippen molar-refractivity contribution in [3.63, 3.8) is 0 Å². The molecule has 0 aliphatic rings. The van der Waals surface area contributed by atoms with Gasteiger partial charge >= 0.3 is 127 Å². The Bertz CT molecular complexity index is 257. The minimum Gasteiger partial charge on any atom is -1.00 e. The van der Waals surface area contributed by atoms with Crippen LogP contribution in [0.2, 0.25) is 0 Å². The Hall–Kier alpha value is 1.55. The standard InChI is InChI=1S/C8H10O6.2K.2H/c1-5(9)13-7(11)3-4-8(12)14-6(2)10;;;;/h3-4H2,1-2H3;;;;/q;2*+1;2*-1. The maximum Gasteiger partial charge on any atom is 1.00 e. The fourth-order valence-electron chi connectivity index (χ4n) is 0.627. The van der Waals surface area contributed by atoms with Gasteiger partial charge in [-0.3, -0.25) is 19.2 Å². The van der Waals surface area contributed by atoms with Crippen molar-refractivity contribution < 1.29 is 134 Å². The van der Waals surface area contributed by atoms with Gasteiger partial charge in [0.15, 0.2) is 0 Å². The van der Waals surface area contributed by atoms with Crippen LogP contribution in [0.5, 0.6) is 0 Å². The minimum absolute atomic E-state index is 0. The van der Waals surface area contributed by atoms with Crippen LogP contribution in [0.25, 0.3) is 0 Å². The van der Waals surface area contributed by atoms with E-state index in [2.05, 4.69) is 9.47 Å². The van der Waals surface area contributed by atoms with E-state index in [1.54, 1.807) is 0 Å². The van der Waals surface area contributed by atoms with Crippen molar-refractivity contribution in [2.24, 2.45) is 0 Å². The molecular weight excluding hydrogens is 270 g/mol. The molecule has 0 heterocycles. The zero-order valence-electron chi connectivity index (χ0n) is 11.9. The maximum atomic E-state index is 10.7. The minimum atomic E-state index is -0.821. The molecule has 0 aromatic heterocycles. The summed E-state index contributed by atoms with van der Waals surface area (Å²) in [5, 5.41) is 0. The van der Waals surface area contributed by atoms with Crippen molar-refractivity contribution in [2.75, 3.05) is 0 Å². The smallest absolute Gasteiger partial charge is 1.00 e. The second kappa shape index (κ2) is 13.0. The molecule has 0 aliphatic heterocycles. The number of ether oxygens (including phenoxy) is 2. The molecule has 0 aromatic carbocycles. The molecule has 0 radical (unpaired) electrons. The van der Waals surface area contributed by atoms with Crippen molar-refractivity contribution in [1.29, 1.82) is 0 Å². The Morgan fingerprint density at radius 3 is 1.25 bits per heavy atom. The van der Waals surface area contributed by atoms with Crippen molar-refractivity contribution in [2.45, 2.75) is 26.7 Å². The first-order valence-corrected chi connectivity index (χ1v) is 3.84. The van der Waals surface area contributed by atoms with E-state index in [0.717, 1.165) is 13.8 Å². The van der Waals surface area contributed by atoms with Gasteiger partial charge in [0.1, 0.15) is 0 Å². The third kappa shape index (κ3) is 15.6. The molecular formula is C8H12K2O6. The molecule has 0 unspecified atom stereocenters. The number of carbonyl (C=O) groups is 4. The SMILES string of the molecule is CC(=O)OC(=O)CCC(=O)OC(C)=O.[H-].[H-].[K+].[K+]. The van der Waals surface area contributed by atoms with Gasteiger partial charge in [0.25, 0.3) is 0 Å². The number of rotatable bonds is 3. The molecule has 16 heavy (non-hydrogen) atoms.